The number of aromatic nitrogens is 3. The standard InChI is InChI=1S/C28H28ClN5O2S/c1-18-16-21(19(2)33(18)25-9-5-7-13-31-25)27-26(23-8-4-6-12-30-23)32-28(37)34(27)20-10-11-24(22(29)17-20)36-15-14-35-3/h4-13,16-17,26-27H,14-15H2,1-3H3,(H,32,37)/t26-,27-/m0/s1. The molecule has 1 aliphatic rings. The average Bonchev–Trinajstić information content (AvgIpc) is 3.41. The van der Waals surface area contributed by atoms with Crippen molar-refractivity contribution >= 4 is 34.6 Å². The normalized spacial score (nSPS) is 17.2. The lowest BCUT2D eigenvalue weighted by Crippen LogP contribution is -2.29. The average molecular weight is 534 g/mol. The van der Waals surface area contributed by atoms with E-state index in [-0.39, 0.29) is 12.1 Å². The Morgan fingerprint density at radius 1 is 1.00 bits per heavy atom. The van der Waals surface area contributed by atoms with Crippen LogP contribution in [-0.2, 0) is 4.74 Å². The maximum absolute atomic E-state index is 6.64. The number of nitrogens with one attached hydrogen (secondary N) is 1. The summed E-state index contributed by atoms with van der Waals surface area (Å²) in [5.41, 5.74) is 5.08. The van der Waals surface area contributed by atoms with Gasteiger partial charge in [-0.25, -0.2) is 4.98 Å². The molecule has 1 fully saturated rings. The first-order valence-corrected chi connectivity index (χ1v) is 12.8. The summed E-state index contributed by atoms with van der Waals surface area (Å²) in [5, 5.41) is 4.63. The molecule has 7 nitrogen and oxygen atoms in total. The van der Waals surface area contributed by atoms with Crippen LogP contribution in [0, 0.1) is 13.8 Å². The van der Waals surface area contributed by atoms with E-state index in [2.05, 4.69) is 44.7 Å². The lowest BCUT2D eigenvalue weighted by Gasteiger charge is -2.28. The van der Waals surface area contributed by atoms with Crippen molar-refractivity contribution in [2.45, 2.75) is 25.9 Å². The summed E-state index contributed by atoms with van der Waals surface area (Å²) in [4.78, 5) is 11.4. The van der Waals surface area contributed by atoms with Gasteiger partial charge in [-0.15, -0.1) is 0 Å². The monoisotopic (exact) mass is 533 g/mol. The molecule has 4 heterocycles. The fourth-order valence-corrected chi connectivity index (χ4v) is 5.44. The highest BCUT2D eigenvalue weighted by Crippen LogP contribution is 2.44. The molecule has 1 aliphatic heterocycles. The van der Waals surface area contributed by atoms with Gasteiger partial charge in [-0.1, -0.05) is 23.7 Å². The van der Waals surface area contributed by atoms with Crippen LogP contribution in [0.15, 0.2) is 73.1 Å². The fraction of sp³-hybridized carbons (Fsp3) is 0.250. The molecule has 0 unspecified atom stereocenters. The van der Waals surface area contributed by atoms with Gasteiger partial charge in [0.05, 0.1) is 29.4 Å². The van der Waals surface area contributed by atoms with Gasteiger partial charge in [0, 0.05) is 36.6 Å². The number of hydrogen-bond acceptors (Lipinski definition) is 5. The Labute approximate surface area is 227 Å². The van der Waals surface area contributed by atoms with E-state index < -0.39 is 0 Å². The Morgan fingerprint density at radius 3 is 2.46 bits per heavy atom. The highest BCUT2D eigenvalue weighted by atomic mass is 35.5. The van der Waals surface area contributed by atoms with E-state index >= 15 is 0 Å². The fourth-order valence-electron chi connectivity index (χ4n) is 4.87. The summed E-state index contributed by atoms with van der Waals surface area (Å²) >= 11 is 12.5. The van der Waals surface area contributed by atoms with E-state index in [1.54, 1.807) is 19.5 Å². The first kappa shape index (κ1) is 25.2. The van der Waals surface area contributed by atoms with Crippen LogP contribution in [-0.4, -0.2) is 40.0 Å². The Kier molecular flexibility index (Phi) is 7.41. The summed E-state index contributed by atoms with van der Waals surface area (Å²) in [6, 6.07) is 19.5. The zero-order chi connectivity index (χ0) is 25.9. The van der Waals surface area contributed by atoms with Gasteiger partial charge in [0.25, 0.3) is 0 Å². The van der Waals surface area contributed by atoms with Gasteiger partial charge in [-0.2, -0.15) is 0 Å². The molecule has 1 saturated heterocycles. The zero-order valence-corrected chi connectivity index (χ0v) is 22.5. The van der Waals surface area contributed by atoms with Gasteiger partial charge in [0.15, 0.2) is 5.11 Å². The van der Waals surface area contributed by atoms with Gasteiger partial charge >= 0.3 is 0 Å². The van der Waals surface area contributed by atoms with Crippen LogP contribution in [0.5, 0.6) is 5.75 Å². The quantitative estimate of drug-likeness (QED) is 0.229. The molecule has 0 aliphatic carbocycles. The molecular formula is C28H28ClN5O2S. The second-order valence-corrected chi connectivity index (χ2v) is 9.60. The summed E-state index contributed by atoms with van der Waals surface area (Å²) < 4.78 is 13.0. The number of hydrogen-bond donors (Lipinski definition) is 1. The number of anilines is 1. The summed E-state index contributed by atoms with van der Waals surface area (Å²) in [6.45, 7) is 5.11. The molecular weight excluding hydrogens is 506 g/mol. The molecule has 1 N–H and O–H groups in total. The van der Waals surface area contributed by atoms with Crippen molar-refractivity contribution in [1.29, 1.82) is 0 Å². The van der Waals surface area contributed by atoms with Crippen LogP contribution in [0.1, 0.15) is 34.7 Å². The minimum absolute atomic E-state index is 0.164. The maximum atomic E-state index is 6.64. The largest absolute Gasteiger partial charge is 0.490 e. The topological polar surface area (TPSA) is 64.4 Å². The Hall–Kier alpha value is -3.46. The van der Waals surface area contributed by atoms with Crippen LogP contribution in [0.4, 0.5) is 5.69 Å². The molecule has 37 heavy (non-hydrogen) atoms. The second kappa shape index (κ2) is 10.9. The number of pyridine rings is 2. The van der Waals surface area contributed by atoms with E-state index in [0.29, 0.717) is 29.1 Å². The van der Waals surface area contributed by atoms with Gasteiger partial charge in [0.1, 0.15) is 18.2 Å². The number of thiocarbonyl (C=S) groups is 1. The lowest BCUT2D eigenvalue weighted by molar-refractivity contribution is 0.146. The minimum Gasteiger partial charge on any atom is -0.490 e. The highest BCUT2D eigenvalue weighted by Gasteiger charge is 2.42. The molecule has 190 valence electrons. The Bertz CT molecular complexity index is 1400. The summed E-state index contributed by atoms with van der Waals surface area (Å²) in [7, 11) is 1.64. The van der Waals surface area contributed by atoms with Gasteiger partial charge in [-0.3, -0.25) is 4.98 Å². The molecule has 0 bridgehead atoms. The molecule has 4 aromatic rings. The summed E-state index contributed by atoms with van der Waals surface area (Å²) in [5.74, 6) is 1.48. The Morgan fingerprint density at radius 2 is 1.78 bits per heavy atom. The Balaban J connectivity index is 1.60. The van der Waals surface area contributed by atoms with Gasteiger partial charge in [-0.05, 0) is 80.2 Å². The van der Waals surface area contributed by atoms with Crippen molar-refractivity contribution in [2.24, 2.45) is 0 Å². The van der Waals surface area contributed by atoms with Crippen LogP contribution >= 0.6 is 23.8 Å². The van der Waals surface area contributed by atoms with Crippen molar-refractivity contribution in [1.82, 2.24) is 19.9 Å². The molecule has 5 rings (SSSR count). The van der Waals surface area contributed by atoms with Crippen LogP contribution in [0.2, 0.25) is 5.02 Å². The molecule has 0 spiro atoms. The molecule has 3 aromatic heterocycles. The second-order valence-electron chi connectivity index (χ2n) is 8.80. The third-order valence-electron chi connectivity index (χ3n) is 6.50. The van der Waals surface area contributed by atoms with E-state index in [9.17, 15) is 0 Å². The number of benzene rings is 1. The highest BCUT2D eigenvalue weighted by molar-refractivity contribution is 7.80. The predicted octanol–water partition coefficient (Wildman–Crippen LogP) is 5.74. The SMILES string of the molecule is COCCOc1ccc(N2C(=S)N[C@@H](c3ccccn3)[C@@H]2c2cc(C)n(-c3ccccn3)c2C)cc1Cl. The molecule has 9 heteroatoms. The van der Waals surface area contributed by atoms with Gasteiger partial charge < -0.3 is 24.3 Å². The number of halogens is 1. The minimum atomic E-state index is -0.164. The molecule has 0 amide bonds. The summed E-state index contributed by atoms with van der Waals surface area (Å²) in [6.07, 6.45) is 3.61. The van der Waals surface area contributed by atoms with E-state index in [1.807, 2.05) is 54.6 Å². The lowest BCUT2D eigenvalue weighted by atomic mass is 9.96. The maximum Gasteiger partial charge on any atom is 0.174 e. The number of nitrogens with zero attached hydrogens (tertiary/aromatic N) is 4. The van der Waals surface area contributed by atoms with Gasteiger partial charge in [0.2, 0.25) is 0 Å². The van der Waals surface area contributed by atoms with E-state index in [4.69, 9.17) is 33.3 Å². The van der Waals surface area contributed by atoms with Crippen molar-refractivity contribution in [2.75, 3.05) is 25.2 Å². The van der Waals surface area contributed by atoms with Crippen molar-refractivity contribution in [3.05, 3.63) is 101 Å². The van der Waals surface area contributed by atoms with E-state index in [0.717, 1.165) is 34.2 Å². The predicted molar refractivity (Wildman–Crippen MR) is 150 cm³/mol. The van der Waals surface area contributed by atoms with Crippen LogP contribution < -0.4 is 15.0 Å². The third-order valence-corrected chi connectivity index (χ3v) is 7.11. The van der Waals surface area contributed by atoms with Crippen molar-refractivity contribution in [3.8, 4) is 11.6 Å². The molecule has 1 aromatic carbocycles. The van der Waals surface area contributed by atoms with Crippen LogP contribution in [0.25, 0.3) is 5.82 Å². The molecule has 0 radical (unpaired) electrons. The van der Waals surface area contributed by atoms with E-state index in [1.165, 1.54) is 0 Å². The number of methoxy groups -OCH3 is 1. The van der Waals surface area contributed by atoms with Crippen LogP contribution in [0.3, 0.4) is 0 Å². The van der Waals surface area contributed by atoms with Crippen molar-refractivity contribution in [3.63, 3.8) is 0 Å². The molecule has 0 saturated carbocycles. The number of rotatable bonds is 8. The first-order valence-electron chi connectivity index (χ1n) is 12.0. The molecule has 2 atom stereocenters. The first-order chi connectivity index (χ1) is 18.0. The number of ether oxygens (including phenoxy) is 2. The zero-order valence-electron chi connectivity index (χ0n) is 20.9. The smallest absolute Gasteiger partial charge is 0.174 e. The third kappa shape index (κ3) is 4.92. The van der Waals surface area contributed by atoms with Crippen molar-refractivity contribution < 1.29 is 9.47 Å². The number of aryl methyl sites for hydroxylation is 1.